The number of ether oxygens (including phenoxy) is 2. The van der Waals surface area contributed by atoms with Crippen molar-refractivity contribution >= 4 is 24.3 Å². The second kappa shape index (κ2) is 10.7. The van der Waals surface area contributed by atoms with Crippen molar-refractivity contribution in [1.29, 1.82) is 0 Å². The summed E-state index contributed by atoms with van der Waals surface area (Å²) in [5.74, 6) is -0.382. The molecule has 10 heteroatoms. The van der Waals surface area contributed by atoms with Gasteiger partial charge < -0.3 is 19.1 Å². The maximum Gasteiger partial charge on any atom is 0.410 e. The average molecular weight is 518 g/mol. The smallest absolute Gasteiger partial charge is 0.410 e. The van der Waals surface area contributed by atoms with E-state index in [9.17, 15) is 14.7 Å². The number of nitrogens with one attached hydrogen (secondary N) is 1. The molecule has 1 aliphatic heterocycles. The van der Waals surface area contributed by atoms with Crippen molar-refractivity contribution in [2.75, 3.05) is 13.2 Å². The Labute approximate surface area is 217 Å². The Bertz CT molecular complexity index is 1480. The first kappa shape index (κ1) is 24.3. The van der Waals surface area contributed by atoms with E-state index in [1.54, 1.807) is 23.1 Å². The number of carboxylic acids is 1. The van der Waals surface area contributed by atoms with Crippen LogP contribution in [0.1, 0.15) is 28.3 Å². The van der Waals surface area contributed by atoms with Crippen molar-refractivity contribution < 1.29 is 28.7 Å². The summed E-state index contributed by atoms with van der Waals surface area (Å²) in [5.41, 5.74) is 4.08. The first-order chi connectivity index (χ1) is 18.0. The molecule has 0 saturated carbocycles. The van der Waals surface area contributed by atoms with E-state index in [1.165, 1.54) is 0 Å². The van der Waals surface area contributed by atoms with Gasteiger partial charge in [0, 0.05) is 17.7 Å². The zero-order chi connectivity index (χ0) is 25.8. The fourth-order valence-electron chi connectivity index (χ4n) is 4.44. The van der Waals surface area contributed by atoms with Gasteiger partial charge in [-0.25, -0.2) is 9.59 Å². The van der Waals surface area contributed by atoms with E-state index in [0.717, 1.165) is 16.7 Å². The highest BCUT2D eigenvalue weighted by molar-refractivity contribution is 7.71. The van der Waals surface area contributed by atoms with Gasteiger partial charge in [0.2, 0.25) is 0 Å². The number of carbonyl (C=O) groups excluding carboxylic acids is 1. The van der Waals surface area contributed by atoms with Gasteiger partial charge in [-0.15, -0.1) is 0 Å². The summed E-state index contributed by atoms with van der Waals surface area (Å²) in [6.07, 6.45) is 0.160. The van der Waals surface area contributed by atoms with E-state index in [0.29, 0.717) is 35.7 Å². The summed E-state index contributed by atoms with van der Waals surface area (Å²) >= 11 is 5.02. The van der Waals surface area contributed by atoms with Crippen molar-refractivity contribution in [2.45, 2.75) is 19.1 Å². The Morgan fingerprint density at radius 1 is 1.08 bits per heavy atom. The lowest BCUT2D eigenvalue weighted by molar-refractivity contribution is -0.139. The van der Waals surface area contributed by atoms with Crippen molar-refractivity contribution in [1.82, 2.24) is 15.0 Å². The predicted molar refractivity (Wildman–Crippen MR) is 136 cm³/mol. The van der Waals surface area contributed by atoms with E-state index in [4.69, 9.17) is 26.2 Å². The number of aliphatic carboxylic acids is 1. The first-order valence-electron chi connectivity index (χ1n) is 11.6. The molecule has 0 saturated heterocycles. The van der Waals surface area contributed by atoms with E-state index >= 15 is 0 Å². The van der Waals surface area contributed by atoms with Crippen molar-refractivity contribution in [2.24, 2.45) is 0 Å². The van der Waals surface area contributed by atoms with Crippen LogP contribution in [-0.4, -0.2) is 45.4 Å². The monoisotopic (exact) mass is 517 g/mol. The molecule has 0 radical (unpaired) electrons. The van der Waals surface area contributed by atoms with Gasteiger partial charge in [0.15, 0.2) is 12.4 Å². The molecule has 0 bridgehead atoms. The third kappa shape index (κ3) is 5.39. The summed E-state index contributed by atoms with van der Waals surface area (Å²) in [7, 11) is 0. The molecule has 2 heterocycles. The standard InChI is InChI=1S/C27H23N3O6S/c31-23(32)16-34-22-11-10-19(25-28-26(37)36-29-25)14-21(22)24-20-9-5-4-8-18(20)12-13-30(24)27(33)35-15-17-6-2-1-3-7-17/h1-11,14,24H,12-13,15-16H2,(H,31,32)(H,28,29,37). The molecule has 1 atom stereocenters. The van der Waals surface area contributed by atoms with E-state index in [1.807, 2.05) is 54.6 Å². The second-order valence-electron chi connectivity index (χ2n) is 8.46. The van der Waals surface area contributed by atoms with Crippen LogP contribution in [0.5, 0.6) is 5.75 Å². The minimum Gasteiger partial charge on any atom is -0.482 e. The molecule has 1 aliphatic rings. The molecule has 188 valence electrons. The number of aromatic amines is 1. The zero-order valence-corrected chi connectivity index (χ0v) is 20.4. The van der Waals surface area contributed by atoms with Crippen LogP contribution in [0.25, 0.3) is 11.4 Å². The number of amides is 1. The lowest BCUT2D eigenvalue weighted by Gasteiger charge is -2.37. The highest BCUT2D eigenvalue weighted by Gasteiger charge is 2.35. The fourth-order valence-corrected chi connectivity index (χ4v) is 4.57. The third-order valence-corrected chi connectivity index (χ3v) is 6.27. The van der Waals surface area contributed by atoms with Crippen molar-refractivity contribution in [3.8, 4) is 17.1 Å². The van der Waals surface area contributed by atoms with Gasteiger partial charge in [-0.2, -0.15) is 0 Å². The van der Waals surface area contributed by atoms with Gasteiger partial charge in [-0.05, 0) is 53.5 Å². The maximum absolute atomic E-state index is 13.4. The lowest BCUT2D eigenvalue weighted by Crippen LogP contribution is -2.41. The maximum atomic E-state index is 13.4. The highest BCUT2D eigenvalue weighted by Crippen LogP contribution is 2.41. The Hall–Kier alpha value is -4.44. The van der Waals surface area contributed by atoms with E-state index < -0.39 is 24.7 Å². The normalized spacial score (nSPS) is 14.6. The molecule has 4 aromatic rings. The molecular formula is C27H23N3O6S. The molecule has 5 rings (SSSR count). The second-order valence-corrected chi connectivity index (χ2v) is 8.83. The van der Waals surface area contributed by atoms with Gasteiger partial charge in [0.1, 0.15) is 12.4 Å². The number of nitrogens with zero attached hydrogens (tertiary/aromatic N) is 2. The number of benzene rings is 3. The van der Waals surface area contributed by atoms with Crippen LogP contribution in [0.4, 0.5) is 4.79 Å². The molecule has 0 aliphatic carbocycles. The SMILES string of the molecule is O=C(O)COc1ccc(-c2noc(=S)[nH]2)cc1C1c2ccccc2CCN1C(=O)OCc1ccccc1. The average Bonchev–Trinajstić information content (AvgIpc) is 3.36. The Morgan fingerprint density at radius 2 is 1.86 bits per heavy atom. The highest BCUT2D eigenvalue weighted by atomic mass is 32.1. The molecule has 1 amide bonds. The van der Waals surface area contributed by atoms with Gasteiger partial charge in [-0.3, -0.25) is 9.88 Å². The molecule has 0 fully saturated rings. The molecule has 1 unspecified atom stereocenters. The first-order valence-corrected chi connectivity index (χ1v) is 12.0. The van der Waals surface area contributed by atoms with Crippen LogP contribution >= 0.6 is 12.2 Å². The molecular weight excluding hydrogens is 494 g/mol. The van der Waals surface area contributed by atoms with Crippen LogP contribution in [0.2, 0.25) is 0 Å². The molecule has 9 nitrogen and oxygen atoms in total. The number of hydrogen-bond donors (Lipinski definition) is 2. The molecule has 1 aromatic heterocycles. The quantitative estimate of drug-likeness (QED) is 0.323. The van der Waals surface area contributed by atoms with E-state index in [-0.39, 0.29) is 11.4 Å². The minimum absolute atomic E-state index is 0.122. The third-order valence-electron chi connectivity index (χ3n) is 6.09. The summed E-state index contributed by atoms with van der Waals surface area (Å²) in [6.45, 7) is -0.00167. The number of aromatic nitrogens is 2. The van der Waals surface area contributed by atoms with Crippen LogP contribution in [0.15, 0.2) is 77.3 Å². The van der Waals surface area contributed by atoms with Crippen molar-refractivity contribution in [3.63, 3.8) is 0 Å². The number of rotatable bonds is 7. The van der Waals surface area contributed by atoms with Crippen LogP contribution < -0.4 is 4.74 Å². The predicted octanol–water partition coefficient (Wildman–Crippen LogP) is 5.15. The summed E-state index contributed by atoms with van der Waals surface area (Å²) in [6, 6.07) is 21.9. The van der Waals surface area contributed by atoms with Crippen LogP contribution in [0, 0.1) is 4.84 Å². The lowest BCUT2D eigenvalue weighted by atomic mass is 9.87. The molecule has 2 N–H and O–H groups in total. The minimum atomic E-state index is -1.11. The van der Waals surface area contributed by atoms with Gasteiger partial charge in [-0.1, -0.05) is 59.8 Å². The summed E-state index contributed by atoms with van der Waals surface area (Å²) in [4.78, 5) is 29.4. The van der Waals surface area contributed by atoms with E-state index in [2.05, 4.69) is 10.1 Å². The number of hydrogen-bond acceptors (Lipinski definition) is 7. The van der Waals surface area contributed by atoms with Crippen LogP contribution in [0.3, 0.4) is 0 Å². The number of carbonyl (C=O) groups is 2. The molecule has 0 spiro atoms. The van der Waals surface area contributed by atoms with Crippen molar-refractivity contribution in [3.05, 3.63) is 99.9 Å². The Kier molecular flexibility index (Phi) is 7.00. The number of carboxylic acid groups (broad SMARTS) is 1. The summed E-state index contributed by atoms with van der Waals surface area (Å²) in [5, 5.41) is 13.2. The Morgan fingerprint density at radius 3 is 2.62 bits per heavy atom. The molecule has 3 aromatic carbocycles. The topological polar surface area (TPSA) is 118 Å². The molecule has 37 heavy (non-hydrogen) atoms. The van der Waals surface area contributed by atoms with Gasteiger partial charge in [0.25, 0.3) is 4.84 Å². The Balaban J connectivity index is 1.57. The number of H-pyrrole nitrogens is 1. The summed E-state index contributed by atoms with van der Waals surface area (Å²) < 4.78 is 16.4. The number of fused-ring (bicyclic) bond motifs is 1. The zero-order valence-electron chi connectivity index (χ0n) is 19.6. The largest absolute Gasteiger partial charge is 0.482 e. The van der Waals surface area contributed by atoms with Gasteiger partial charge in [0.05, 0.1) is 6.04 Å². The fraction of sp³-hybridized carbons (Fsp3) is 0.185. The van der Waals surface area contributed by atoms with Crippen LogP contribution in [-0.2, 0) is 22.6 Å². The van der Waals surface area contributed by atoms with Gasteiger partial charge >= 0.3 is 12.1 Å².